The Morgan fingerprint density at radius 1 is 1.06 bits per heavy atom. The fourth-order valence-electron chi connectivity index (χ4n) is 5.61. The summed E-state index contributed by atoms with van der Waals surface area (Å²) >= 11 is 0. The number of rotatable bonds is 6. The number of hydrogen-bond donors (Lipinski definition) is 1. The van der Waals surface area contributed by atoms with Crippen molar-refractivity contribution in [2.75, 3.05) is 44.4 Å². The highest BCUT2D eigenvalue weighted by atomic mass is 16.6. The van der Waals surface area contributed by atoms with Crippen LogP contribution in [0.25, 0.3) is 0 Å². The molecule has 0 bridgehead atoms. The normalized spacial score (nSPS) is 29.2. The second kappa shape index (κ2) is 10.1. The molecular weight excluding hydrogens is 452 g/mol. The van der Waals surface area contributed by atoms with Crippen molar-refractivity contribution in [3.63, 3.8) is 0 Å². The molecule has 4 heterocycles. The molecule has 4 aliphatic rings. The van der Waals surface area contributed by atoms with Crippen LogP contribution in [-0.2, 0) is 19.0 Å². The minimum absolute atomic E-state index is 0.104. The summed E-state index contributed by atoms with van der Waals surface area (Å²) in [4.78, 5) is 15.0. The van der Waals surface area contributed by atoms with Crippen molar-refractivity contribution in [1.29, 1.82) is 0 Å². The zero-order valence-electron chi connectivity index (χ0n) is 19.8. The van der Waals surface area contributed by atoms with Gasteiger partial charge in [0.05, 0.1) is 32.5 Å². The third kappa shape index (κ3) is 4.72. The molecule has 1 N–H and O–H groups in total. The first-order valence-electron chi connectivity index (χ1n) is 12.7. The highest BCUT2D eigenvalue weighted by Gasteiger charge is 2.50. The zero-order chi connectivity index (χ0) is 23.6. The number of benzene rings is 1. The maximum atomic E-state index is 12.8. The molecule has 3 aliphatic heterocycles. The molecule has 11 heteroatoms. The molecule has 6 rings (SSSR count). The van der Waals surface area contributed by atoms with E-state index in [0.29, 0.717) is 19.0 Å². The van der Waals surface area contributed by atoms with Crippen molar-refractivity contribution in [3.05, 3.63) is 24.3 Å². The minimum atomic E-state index is -0.253. The van der Waals surface area contributed by atoms with Gasteiger partial charge in [-0.2, -0.15) is 4.68 Å². The average molecular weight is 485 g/mol. The second-order valence-electron chi connectivity index (χ2n) is 9.72. The smallest absolute Gasteiger partial charge is 0.341 e. The van der Waals surface area contributed by atoms with Crippen molar-refractivity contribution < 1.29 is 23.7 Å². The number of anilines is 1. The Bertz CT molecular complexity index is 1020. The molecule has 35 heavy (non-hydrogen) atoms. The van der Waals surface area contributed by atoms with Gasteiger partial charge in [-0.1, -0.05) is 30.4 Å². The van der Waals surface area contributed by atoms with Crippen molar-refractivity contribution in [2.24, 2.45) is 5.92 Å². The van der Waals surface area contributed by atoms with Crippen LogP contribution in [0, 0.1) is 5.92 Å². The first-order valence-corrected chi connectivity index (χ1v) is 12.7. The van der Waals surface area contributed by atoms with Gasteiger partial charge in [-0.25, -0.2) is 0 Å². The Balaban J connectivity index is 1.11. The fraction of sp³-hybridized carbons (Fsp3) is 0.667. The van der Waals surface area contributed by atoms with E-state index >= 15 is 0 Å². The number of morpholine rings is 1. The molecule has 0 spiro atoms. The summed E-state index contributed by atoms with van der Waals surface area (Å²) < 4.78 is 25.4. The maximum Gasteiger partial charge on any atom is 0.341 e. The molecule has 4 fully saturated rings. The Morgan fingerprint density at radius 3 is 2.74 bits per heavy atom. The number of carbonyl (C=O) groups is 1. The van der Waals surface area contributed by atoms with E-state index in [-0.39, 0.29) is 42.1 Å². The Hall–Kier alpha value is -2.76. The van der Waals surface area contributed by atoms with Crippen LogP contribution in [0.5, 0.6) is 11.8 Å². The highest BCUT2D eigenvalue weighted by Crippen LogP contribution is 2.36. The lowest BCUT2D eigenvalue weighted by atomic mass is 9.88. The van der Waals surface area contributed by atoms with Gasteiger partial charge in [-0.05, 0) is 35.4 Å². The number of tetrazole rings is 1. The van der Waals surface area contributed by atoms with Gasteiger partial charge in [-0.3, -0.25) is 4.79 Å². The largest absolute Gasteiger partial charge is 0.423 e. The number of amides is 1. The van der Waals surface area contributed by atoms with E-state index in [1.165, 1.54) is 6.42 Å². The van der Waals surface area contributed by atoms with E-state index in [0.717, 1.165) is 57.7 Å². The molecular formula is C24H32N6O5. The topological polar surface area (TPSA) is 113 Å². The lowest BCUT2D eigenvalue weighted by Crippen LogP contribution is -2.46. The number of ether oxygens (including phenoxy) is 4. The second-order valence-corrected chi connectivity index (χ2v) is 9.72. The van der Waals surface area contributed by atoms with Crippen molar-refractivity contribution in [1.82, 2.24) is 25.5 Å². The summed E-state index contributed by atoms with van der Waals surface area (Å²) in [7, 11) is 0. The van der Waals surface area contributed by atoms with Crippen molar-refractivity contribution in [2.45, 2.75) is 56.4 Å². The summed E-state index contributed by atoms with van der Waals surface area (Å²) in [5.41, 5.74) is 1.07. The molecule has 3 saturated heterocycles. The molecule has 1 amide bonds. The van der Waals surface area contributed by atoms with Crippen LogP contribution in [0.4, 0.5) is 5.69 Å². The van der Waals surface area contributed by atoms with Gasteiger partial charge in [0.2, 0.25) is 5.91 Å². The van der Waals surface area contributed by atoms with E-state index in [1.807, 2.05) is 18.2 Å². The molecule has 1 aromatic heterocycles. The predicted octanol–water partition coefficient (Wildman–Crippen LogP) is 1.71. The summed E-state index contributed by atoms with van der Waals surface area (Å²) in [6.45, 7) is 3.94. The molecule has 1 aromatic carbocycles. The van der Waals surface area contributed by atoms with Gasteiger partial charge in [0.15, 0.2) is 0 Å². The van der Waals surface area contributed by atoms with E-state index < -0.39 is 0 Å². The Kier molecular flexibility index (Phi) is 6.53. The van der Waals surface area contributed by atoms with Gasteiger partial charge in [0.25, 0.3) is 0 Å². The van der Waals surface area contributed by atoms with Crippen LogP contribution in [0.2, 0.25) is 0 Å². The summed E-state index contributed by atoms with van der Waals surface area (Å²) in [6, 6.07) is 7.79. The van der Waals surface area contributed by atoms with Crippen LogP contribution in [0.3, 0.4) is 0 Å². The predicted molar refractivity (Wildman–Crippen MR) is 124 cm³/mol. The summed E-state index contributed by atoms with van der Waals surface area (Å²) in [5.74, 6) is 0.885. The molecule has 2 aromatic rings. The van der Waals surface area contributed by atoms with E-state index in [1.54, 1.807) is 4.68 Å². The van der Waals surface area contributed by atoms with Gasteiger partial charge in [-0.15, -0.1) is 0 Å². The lowest BCUT2D eigenvalue weighted by Gasteiger charge is -2.29. The Morgan fingerprint density at radius 2 is 1.89 bits per heavy atom. The molecule has 188 valence electrons. The highest BCUT2D eigenvalue weighted by molar-refractivity contribution is 5.79. The molecule has 11 nitrogen and oxygen atoms in total. The van der Waals surface area contributed by atoms with Gasteiger partial charge in [0, 0.05) is 30.8 Å². The molecule has 4 atom stereocenters. The first kappa shape index (κ1) is 22.7. The Labute approximate surface area is 204 Å². The lowest BCUT2D eigenvalue weighted by molar-refractivity contribution is -0.127. The molecule has 1 saturated carbocycles. The number of hydrogen-bond acceptors (Lipinski definition) is 9. The molecule has 0 radical (unpaired) electrons. The monoisotopic (exact) mass is 484 g/mol. The van der Waals surface area contributed by atoms with Crippen molar-refractivity contribution >= 4 is 11.6 Å². The van der Waals surface area contributed by atoms with E-state index in [9.17, 15) is 4.79 Å². The SMILES string of the molecule is O=C(N[C@H]1CO[C@H]2[C@H]1OC[C@H]2n1nnnc1Oc1cccc(N2CCOCC2)c1)C1CCCCC1. The number of nitrogens with one attached hydrogen (secondary N) is 1. The fourth-order valence-corrected chi connectivity index (χ4v) is 5.61. The number of carbonyl (C=O) groups excluding carboxylic acids is 1. The number of aromatic nitrogens is 4. The number of nitrogens with zero attached hydrogens (tertiary/aromatic N) is 5. The molecule has 0 unspecified atom stereocenters. The van der Waals surface area contributed by atoms with Crippen LogP contribution in [0.1, 0.15) is 38.1 Å². The molecule has 1 aliphatic carbocycles. The van der Waals surface area contributed by atoms with Crippen LogP contribution in [-0.4, -0.2) is 83.9 Å². The summed E-state index contributed by atoms with van der Waals surface area (Å²) in [5, 5.41) is 15.3. The van der Waals surface area contributed by atoms with Crippen LogP contribution >= 0.6 is 0 Å². The van der Waals surface area contributed by atoms with Crippen molar-refractivity contribution in [3.8, 4) is 11.8 Å². The zero-order valence-corrected chi connectivity index (χ0v) is 19.8. The third-order valence-electron chi connectivity index (χ3n) is 7.51. The minimum Gasteiger partial charge on any atom is -0.423 e. The standard InChI is InChI=1S/C24H32N6O5/c31-23(16-5-2-1-3-6-16)25-19-14-33-22-20(15-34-21(19)22)30-24(26-27-28-30)35-18-8-4-7-17(13-18)29-9-11-32-12-10-29/h4,7-8,13,16,19-22H,1-3,5-6,9-12,14-15H2,(H,25,31)/t19-,20+,21-,22+/m0/s1. The van der Waals surface area contributed by atoms with Gasteiger partial charge >= 0.3 is 6.01 Å². The maximum absolute atomic E-state index is 12.8. The number of fused-ring (bicyclic) bond motifs is 1. The summed E-state index contributed by atoms with van der Waals surface area (Å²) in [6.07, 6.45) is 4.93. The third-order valence-corrected chi connectivity index (χ3v) is 7.51. The first-order chi connectivity index (χ1) is 17.3. The van der Waals surface area contributed by atoms with Gasteiger partial charge in [0.1, 0.15) is 24.0 Å². The van der Waals surface area contributed by atoms with Gasteiger partial charge < -0.3 is 29.2 Å². The van der Waals surface area contributed by atoms with Crippen LogP contribution in [0.15, 0.2) is 24.3 Å². The van der Waals surface area contributed by atoms with Crippen LogP contribution < -0.4 is 15.0 Å². The average Bonchev–Trinajstić information content (AvgIpc) is 3.63. The van der Waals surface area contributed by atoms with E-state index in [4.69, 9.17) is 18.9 Å². The quantitative estimate of drug-likeness (QED) is 0.655. The van der Waals surface area contributed by atoms with E-state index in [2.05, 4.69) is 31.8 Å².